The molecule has 0 saturated carbocycles. The summed E-state index contributed by atoms with van der Waals surface area (Å²) in [6.07, 6.45) is 5.46. The third-order valence-corrected chi connectivity index (χ3v) is 4.36. The largest absolute Gasteiger partial charge is 0.495 e. The van der Waals surface area contributed by atoms with Crippen LogP contribution in [0.4, 0.5) is 5.69 Å². The number of nitrogens with one attached hydrogen (secondary N) is 1. The van der Waals surface area contributed by atoms with E-state index in [0.29, 0.717) is 23.0 Å². The third-order valence-electron chi connectivity index (χ3n) is 4.36. The van der Waals surface area contributed by atoms with Crippen LogP contribution in [-0.2, 0) is 4.79 Å². The molecular formula is C22H20N4O3. The SMILES string of the molecule is COc1ccc(-c2cn3cccnc3n2)cc1NC(=O)COc1cccc(C)c1. The molecule has 146 valence electrons. The molecule has 0 bridgehead atoms. The number of methoxy groups -OCH3 is 1. The fourth-order valence-electron chi connectivity index (χ4n) is 2.97. The minimum absolute atomic E-state index is 0.102. The number of carbonyl (C=O) groups excluding carboxylic acids is 1. The Bertz CT molecular complexity index is 1140. The van der Waals surface area contributed by atoms with Crippen LogP contribution < -0.4 is 14.8 Å². The van der Waals surface area contributed by atoms with Crippen molar-refractivity contribution >= 4 is 17.4 Å². The second-order valence-corrected chi connectivity index (χ2v) is 6.52. The number of imidazole rings is 1. The molecule has 2 aromatic carbocycles. The van der Waals surface area contributed by atoms with E-state index < -0.39 is 0 Å². The normalized spacial score (nSPS) is 10.7. The highest BCUT2D eigenvalue weighted by atomic mass is 16.5. The minimum Gasteiger partial charge on any atom is -0.495 e. The first-order chi connectivity index (χ1) is 14.1. The molecule has 0 atom stereocenters. The van der Waals surface area contributed by atoms with Gasteiger partial charge in [-0.1, -0.05) is 12.1 Å². The van der Waals surface area contributed by atoms with Crippen LogP contribution in [-0.4, -0.2) is 34.0 Å². The second-order valence-electron chi connectivity index (χ2n) is 6.52. The number of hydrogen-bond donors (Lipinski definition) is 1. The fourth-order valence-corrected chi connectivity index (χ4v) is 2.97. The van der Waals surface area contributed by atoms with E-state index in [1.54, 1.807) is 19.4 Å². The van der Waals surface area contributed by atoms with Gasteiger partial charge in [-0.2, -0.15) is 0 Å². The lowest BCUT2D eigenvalue weighted by Gasteiger charge is -2.12. The summed E-state index contributed by atoms with van der Waals surface area (Å²) in [4.78, 5) is 21.2. The molecule has 0 aliphatic rings. The first-order valence-corrected chi connectivity index (χ1v) is 9.10. The number of benzene rings is 2. The van der Waals surface area contributed by atoms with Crippen molar-refractivity contribution < 1.29 is 14.3 Å². The molecule has 0 radical (unpaired) electrons. The molecule has 0 fully saturated rings. The van der Waals surface area contributed by atoms with Crippen molar-refractivity contribution in [3.63, 3.8) is 0 Å². The molecule has 7 nitrogen and oxygen atoms in total. The van der Waals surface area contributed by atoms with Gasteiger partial charge in [0.05, 0.1) is 18.5 Å². The molecule has 2 heterocycles. The molecule has 7 heteroatoms. The quantitative estimate of drug-likeness (QED) is 0.545. The summed E-state index contributed by atoms with van der Waals surface area (Å²) >= 11 is 0. The predicted octanol–water partition coefficient (Wildman–Crippen LogP) is 3.73. The van der Waals surface area contributed by atoms with Crippen molar-refractivity contribution in [1.82, 2.24) is 14.4 Å². The molecular weight excluding hydrogens is 368 g/mol. The summed E-state index contributed by atoms with van der Waals surface area (Å²) < 4.78 is 12.8. The number of amides is 1. The summed E-state index contributed by atoms with van der Waals surface area (Å²) in [6.45, 7) is 1.87. The van der Waals surface area contributed by atoms with E-state index in [1.807, 2.05) is 66.2 Å². The van der Waals surface area contributed by atoms with Gasteiger partial charge in [-0.15, -0.1) is 0 Å². The van der Waals surface area contributed by atoms with Gasteiger partial charge in [-0.3, -0.25) is 9.20 Å². The van der Waals surface area contributed by atoms with Gasteiger partial charge in [0.15, 0.2) is 6.61 Å². The molecule has 0 spiro atoms. The van der Waals surface area contributed by atoms with Gasteiger partial charge in [-0.25, -0.2) is 9.97 Å². The van der Waals surface area contributed by atoms with Crippen LogP contribution in [0.5, 0.6) is 11.5 Å². The highest BCUT2D eigenvalue weighted by Crippen LogP contribution is 2.30. The lowest BCUT2D eigenvalue weighted by molar-refractivity contribution is -0.118. The van der Waals surface area contributed by atoms with Crippen molar-refractivity contribution in [3.8, 4) is 22.8 Å². The zero-order valence-corrected chi connectivity index (χ0v) is 16.1. The number of aromatic nitrogens is 3. The van der Waals surface area contributed by atoms with Gasteiger partial charge in [0.1, 0.15) is 11.5 Å². The summed E-state index contributed by atoms with van der Waals surface area (Å²) in [5.74, 6) is 1.53. The van der Waals surface area contributed by atoms with Gasteiger partial charge in [0, 0.05) is 24.2 Å². The molecule has 0 aliphatic carbocycles. The van der Waals surface area contributed by atoms with E-state index in [0.717, 1.165) is 16.8 Å². The van der Waals surface area contributed by atoms with Gasteiger partial charge in [0.2, 0.25) is 5.78 Å². The van der Waals surface area contributed by atoms with Gasteiger partial charge >= 0.3 is 0 Å². The number of hydrogen-bond acceptors (Lipinski definition) is 5. The maximum absolute atomic E-state index is 12.4. The van der Waals surface area contributed by atoms with Crippen LogP contribution in [0.2, 0.25) is 0 Å². The van der Waals surface area contributed by atoms with Crippen molar-refractivity contribution in [2.75, 3.05) is 19.0 Å². The molecule has 4 aromatic rings. The van der Waals surface area contributed by atoms with E-state index >= 15 is 0 Å². The van der Waals surface area contributed by atoms with Crippen LogP contribution >= 0.6 is 0 Å². The van der Waals surface area contributed by atoms with Crippen molar-refractivity contribution in [2.24, 2.45) is 0 Å². The lowest BCUT2D eigenvalue weighted by atomic mass is 10.1. The molecule has 0 aliphatic heterocycles. The van der Waals surface area contributed by atoms with E-state index in [-0.39, 0.29) is 12.5 Å². The van der Waals surface area contributed by atoms with E-state index in [4.69, 9.17) is 9.47 Å². The van der Waals surface area contributed by atoms with Gasteiger partial charge in [0.25, 0.3) is 5.91 Å². The summed E-state index contributed by atoms with van der Waals surface area (Å²) in [5, 5.41) is 2.85. The smallest absolute Gasteiger partial charge is 0.262 e. The number of rotatable bonds is 6. The summed E-state index contributed by atoms with van der Waals surface area (Å²) in [5.41, 5.74) is 3.20. The van der Waals surface area contributed by atoms with E-state index in [2.05, 4.69) is 15.3 Å². The van der Waals surface area contributed by atoms with Crippen molar-refractivity contribution in [1.29, 1.82) is 0 Å². The Morgan fingerprint density at radius 2 is 2.07 bits per heavy atom. The van der Waals surface area contributed by atoms with Crippen LogP contribution in [0, 0.1) is 6.92 Å². The van der Waals surface area contributed by atoms with Crippen molar-refractivity contribution in [3.05, 3.63) is 72.7 Å². The first-order valence-electron chi connectivity index (χ1n) is 9.10. The Morgan fingerprint density at radius 3 is 2.86 bits per heavy atom. The average Bonchev–Trinajstić information content (AvgIpc) is 3.17. The molecule has 29 heavy (non-hydrogen) atoms. The van der Waals surface area contributed by atoms with Crippen LogP contribution in [0.25, 0.3) is 17.0 Å². The highest BCUT2D eigenvalue weighted by Gasteiger charge is 2.12. The zero-order valence-electron chi connectivity index (χ0n) is 16.1. The molecule has 1 N–H and O–H groups in total. The van der Waals surface area contributed by atoms with Crippen LogP contribution in [0.15, 0.2) is 67.1 Å². The molecule has 0 unspecified atom stereocenters. The number of ether oxygens (including phenoxy) is 2. The summed E-state index contributed by atoms with van der Waals surface area (Å²) in [6, 6.07) is 14.9. The zero-order chi connectivity index (χ0) is 20.2. The van der Waals surface area contributed by atoms with Crippen LogP contribution in [0.3, 0.4) is 0 Å². The standard InChI is InChI=1S/C22H20N4O3/c1-15-5-3-6-17(11-15)29-14-21(27)24-18-12-16(7-8-20(18)28-2)19-13-26-10-4-9-23-22(26)25-19/h3-13H,14H2,1-2H3,(H,24,27). The Labute approximate surface area is 168 Å². The number of carbonyl (C=O) groups is 1. The first kappa shape index (κ1) is 18.5. The number of nitrogens with zero attached hydrogens (tertiary/aromatic N) is 3. The number of aryl methyl sites for hydroxylation is 1. The Kier molecular flexibility index (Phi) is 5.11. The number of anilines is 1. The lowest BCUT2D eigenvalue weighted by Crippen LogP contribution is -2.20. The summed E-state index contributed by atoms with van der Waals surface area (Å²) in [7, 11) is 1.56. The van der Waals surface area contributed by atoms with E-state index in [1.165, 1.54) is 0 Å². The molecule has 2 aromatic heterocycles. The Morgan fingerprint density at radius 1 is 1.17 bits per heavy atom. The maximum Gasteiger partial charge on any atom is 0.262 e. The second kappa shape index (κ2) is 8.02. The van der Waals surface area contributed by atoms with Crippen LogP contribution in [0.1, 0.15) is 5.56 Å². The monoisotopic (exact) mass is 388 g/mol. The van der Waals surface area contributed by atoms with Gasteiger partial charge < -0.3 is 14.8 Å². The van der Waals surface area contributed by atoms with Crippen molar-refractivity contribution in [2.45, 2.75) is 6.92 Å². The Hall–Kier alpha value is -3.87. The van der Waals surface area contributed by atoms with Gasteiger partial charge in [-0.05, 0) is 48.9 Å². The predicted molar refractivity (Wildman–Crippen MR) is 110 cm³/mol. The molecule has 4 rings (SSSR count). The van der Waals surface area contributed by atoms with E-state index in [9.17, 15) is 4.79 Å². The average molecular weight is 388 g/mol. The molecule has 0 saturated heterocycles. The third kappa shape index (κ3) is 4.19. The fraction of sp³-hybridized carbons (Fsp3) is 0.136. The topological polar surface area (TPSA) is 77.8 Å². The number of fused-ring (bicyclic) bond motifs is 1. The highest BCUT2D eigenvalue weighted by molar-refractivity contribution is 5.94. The Balaban J connectivity index is 1.52. The minimum atomic E-state index is -0.279. The maximum atomic E-state index is 12.4. The molecule has 1 amide bonds.